The molecule has 0 unspecified atom stereocenters. The molecular formula is C14H27N3O2S. The Kier molecular flexibility index (Phi) is 5.79. The van der Waals surface area contributed by atoms with E-state index in [1.165, 1.54) is 0 Å². The van der Waals surface area contributed by atoms with E-state index in [4.69, 9.17) is 0 Å². The second kappa shape index (κ2) is 6.74. The van der Waals surface area contributed by atoms with Crippen molar-refractivity contribution in [2.45, 2.75) is 57.5 Å². The molecular weight excluding hydrogens is 274 g/mol. The Labute approximate surface area is 122 Å². The molecule has 5 nitrogen and oxygen atoms in total. The van der Waals surface area contributed by atoms with Gasteiger partial charge in [-0.05, 0) is 39.3 Å². The second-order valence-electron chi connectivity index (χ2n) is 5.80. The largest absolute Gasteiger partial charge is 0.352 e. The van der Waals surface area contributed by atoms with Crippen molar-refractivity contribution in [3.8, 4) is 0 Å². The average Bonchev–Trinajstić information content (AvgIpc) is 2.71. The highest BCUT2D eigenvalue weighted by atomic mass is 32.2. The van der Waals surface area contributed by atoms with Crippen LogP contribution in [0.1, 0.15) is 46.2 Å². The Morgan fingerprint density at radius 2 is 1.95 bits per heavy atom. The van der Waals surface area contributed by atoms with Crippen LogP contribution in [0.5, 0.6) is 0 Å². The Morgan fingerprint density at radius 3 is 2.50 bits per heavy atom. The highest BCUT2D eigenvalue weighted by Crippen LogP contribution is 2.17. The number of aromatic nitrogens is 1. The van der Waals surface area contributed by atoms with E-state index in [-0.39, 0.29) is 0 Å². The van der Waals surface area contributed by atoms with Gasteiger partial charge in [-0.15, -0.1) is 0 Å². The molecule has 2 N–H and O–H groups in total. The zero-order valence-electron chi connectivity index (χ0n) is 13.2. The maximum atomic E-state index is 12.4. The fourth-order valence-corrected chi connectivity index (χ4v) is 3.37. The van der Waals surface area contributed by atoms with E-state index in [9.17, 15) is 8.42 Å². The summed E-state index contributed by atoms with van der Waals surface area (Å²) in [4.78, 5) is 0.329. The van der Waals surface area contributed by atoms with Crippen molar-refractivity contribution in [3.63, 3.8) is 0 Å². The number of hydrogen-bond donors (Lipinski definition) is 2. The Hall–Kier alpha value is -0.850. The van der Waals surface area contributed by atoms with E-state index in [0.717, 1.165) is 25.1 Å². The van der Waals surface area contributed by atoms with Crippen LogP contribution in [-0.4, -0.2) is 25.1 Å². The summed E-state index contributed by atoms with van der Waals surface area (Å²) in [6, 6.07) is 1.73. The monoisotopic (exact) mass is 301 g/mol. The molecule has 0 aromatic carbocycles. The van der Waals surface area contributed by atoms with Crippen LogP contribution >= 0.6 is 0 Å². The summed E-state index contributed by atoms with van der Waals surface area (Å²) in [6.45, 7) is 9.44. The van der Waals surface area contributed by atoms with E-state index >= 15 is 0 Å². The Balaban J connectivity index is 2.89. The lowest BCUT2D eigenvalue weighted by atomic mass is 10.0. The predicted molar refractivity (Wildman–Crippen MR) is 82.1 cm³/mol. The SMILES string of the molecule is CCCNCc1cc(S(=O)(=O)NC(C)(C)CC)cn1C. The molecule has 0 atom stereocenters. The molecule has 0 bridgehead atoms. The van der Waals surface area contributed by atoms with E-state index in [0.29, 0.717) is 11.4 Å². The van der Waals surface area contributed by atoms with Gasteiger partial charge >= 0.3 is 0 Å². The van der Waals surface area contributed by atoms with Gasteiger partial charge < -0.3 is 9.88 Å². The zero-order valence-corrected chi connectivity index (χ0v) is 14.0. The third kappa shape index (κ3) is 4.61. The highest BCUT2D eigenvalue weighted by Gasteiger charge is 2.25. The lowest BCUT2D eigenvalue weighted by Crippen LogP contribution is -2.42. The summed E-state index contributed by atoms with van der Waals surface area (Å²) in [6.07, 6.45) is 3.46. The van der Waals surface area contributed by atoms with Gasteiger partial charge in [0, 0.05) is 31.0 Å². The zero-order chi connectivity index (χ0) is 15.4. The van der Waals surface area contributed by atoms with Crippen LogP contribution in [0.2, 0.25) is 0 Å². The smallest absolute Gasteiger partial charge is 0.242 e. The predicted octanol–water partition coefficient (Wildman–Crippen LogP) is 1.99. The van der Waals surface area contributed by atoms with Crippen molar-refractivity contribution >= 4 is 10.0 Å². The standard InChI is InChI=1S/C14H27N3O2S/c1-6-8-15-10-12-9-13(11-17(12)5)20(18,19)16-14(3,4)7-2/h9,11,15-16H,6-8,10H2,1-5H3. The van der Waals surface area contributed by atoms with Crippen molar-refractivity contribution in [2.75, 3.05) is 6.54 Å². The number of hydrogen-bond acceptors (Lipinski definition) is 3. The number of nitrogens with zero attached hydrogens (tertiary/aromatic N) is 1. The normalized spacial score (nSPS) is 12.8. The van der Waals surface area contributed by atoms with Gasteiger partial charge in [-0.3, -0.25) is 0 Å². The first kappa shape index (κ1) is 17.2. The van der Waals surface area contributed by atoms with Gasteiger partial charge in [-0.2, -0.15) is 0 Å². The minimum atomic E-state index is -3.46. The van der Waals surface area contributed by atoms with Crippen LogP contribution in [0, 0.1) is 0 Å². The fourth-order valence-electron chi connectivity index (χ4n) is 1.79. The molecule has 0 aliphatic carbocycles. The molecule has 0 aliphatic rings. The molecule has 1 heterocycles. The minimum Gasteiger partial charge on any atom is -0.352 e. The van der Waals surface area contributed by atoms with Gasteiger partial charge in [0.15, 0.2) is 0 Å². The van der Waals surface area contributed by atoms with E-state index in [2.05, 4.69) is 17.0 Å². The number of sulfonamides is 1. The molecule has 1 rings (SSSR count). The van der Waals surface area contributed by atoms with Gasteiger partial charge in [-0.25, -0.2) is 13.1 Å². The first-order valence-corrected chi connectivity index (χ1v) is 8.60. The molecule has 0 radical (unpaired) electrons. The van der Waals surface area contributed by atoms with Gasteiger partial charge in [0.1, 0.15) is 0 Å². The van der Waals surface area contributed by atoms with Gasteiger partial charge in [0.05, 0.1) is 4.90 Å². The van der Waals surface area contributed by atoms with Crippen LogP contribution in [-0.2, 0) is 23.6 Å². The lowest BCUT2D eigenvalue weighted by molar-refractivity contribution is 0.439. The Bertz CT molecular complexity index is 533. The molecule has 1 aromatic rings. The molecule has 0 fully saturated rings. The minimum absolute atomic E-state index is 0.329. The molecule has 6 heteroatoms. The summed E-state index contributed by atoms with van der Waals surface area (Å²) in [5.41, 5.74) is 0.531. The van der Waals surface area contributed by atoms with Crippen molar-refractivity contribution in [3.05, 3.63) is 18.0 Å². The van der Waals surface area contributed by atoms with Gasteiger partial charge in [0.25, 0.3) is 0 Å². The molecule has 0 aliphatic heterocycles. The molecule has 0 saturated carbocycles. The van der Waals surface area contributed by atoms with Crippen molar-refractivity contribution in [1.82, 2.24) is 14.6 Å². The third-order valence-corrected chi connectivity index (χ3v) is 5.09. The number of nitrogens with one attached hydrogen (secondary N) is 2. The molecule has 0 saturated heterocycles. The lowest BCUT2D eigenvalue weighted by Gasteiger charge is -2.23. The molecule has 1 aromatic heterocycles. The molecule has 116 valence electrons. The van der Waals surface area contributed by atoms with E-state index in [1.54, 1.807) is 12.3 Å². The summed E-state index contributed by atoms with van der Waals surface area (Å²) in [5, 5.41) is 3.28. The van der Waals surface area contributed by atoms with Gasteiger partial charge in [-0.1, -0.05) is 13.8 Å². The summed E-state index contributed by atoms with van der Waals surface area (Å²) < 4.78 is 29.3. The maximum absolute atomic E-state index is 12.4. The van der Waals surface area contributed by atoms with Crippen LogP contribution in [0.4, 0.5) is 0 Å². The van der Waals surface area contributed by atoms with E-state index < -0.39 is 15.6 Å². The first-order chi connectivity index (χ1) is 9.22. The van der Waals surface area contributed by atoms with Crippen molar-refractivity contribution in [2.24, 2.45) is 7.05 Å². The summed E-state index contributed by atoms with van der Waals surface area (Å²) >= 11 is 0. The molecule has 0 spiro atoms. The van der Waals surface area contributed by atoms with E-state index in [1.807, 2.05) is 32.4 Å². The number of rotatable bonds is 8. The third-order valence-electron chi connectivity index (χ3n) is 3.42. The maximum Gasteiger partial charge on any atom is 0.242 e. The van der Waals surface area contributed by atoms with Crippen molar-refractivity contribution in [1.29, 1.82) is 0 Å². The topological polar surface area (TPSA) is 63.1 Å². The Morgan fingerprint density at radius 1 is 1.30 bits per heavy atom. The highest BCUT2D eigenvalue weighted by molar-refractivity contribution is 7.89. The van der Waals surface area contributed by atoms with Crippen LogP contribution in [0.25, 0.3) is 0 Å². The van der Waals surface area contributed by atoms with Crippen LogP contribution in [0.15, 0.2) is 17.2 Å². The average molecular weight is 301 g/mol. The fraction of sp³-hybridized carbons (Fsp3) is 0.714. The van der Waals surface area contributed by atoms with Crippen LogP contribution in [0.3, 0.4) is 0 Å². The molecule has 20 heavy (non-hydrogen) atoms. The number of aryl methyl sites for hydroxylation is 1. The summed E-state index contributed by atoms with van der Waals surface area (Å²) in [5.74, 6) is 0. The quantitative estimate of drug-likeness (QED) is 0.722. The second-order valence-corrected chi connectivity index (χ2v) is 7.48. The van der Waals surface area contributed by atoms with Crippen LogP contribution < -0.4 is 10.0 Å². The van der Waals surface area contributed by atoms with Crippen molar-refractivity contribution < 1.29 is 8.42 Å². The first-order valence-electron chi connectivity index (χ1n) is 7.12. The molecule has 0 amide bonds. The summed E-state index contributed by atoms with van der Waals surface area (Å²) in [7, 11) is -1.59. The van der Waals surface area contributed by atoms with Gasteiger partial charge in [0.2, 0.25) is 10.0 Å².